The zero-order chi connectivity index (χ0) is 12.8. The summed E-state index contributed by atoms with van der Waals surface area (Å²) in [6, 6.07) is 10.2. The highest BCUT2D eigenvalue weighted by atomic mass is 16.7. The fourth-order valence-corrected chi connectivity index (χ4v) is 1.89. The van der Waals surface area contributed by atoms with Crippen LogP contribution in [0.5, 0.6) is 0 Å². The van der Waals surface area contributed by atoms with E-state index < -0.39 is 0 Å². The highest BCUT2D eigenvalue weighted by molar-refractivity contribution is 5.65. The van der Waals surface area contributed by atoms with Crippen molar-refractivity contribution >= 4 is 5.97 Å². The molecule has 0 saturated carbocycles. The number of hydrogen-bond acceptors (Lipinski definition) is 4. The first-order chi connectivity index (χ1) is 8.74. The Bertz CT molecular complexity index is 377. The van der Waals surface area contributed by atoms with Gasteiger partial charge in [0.25, 0.3) is 0 Å². The first kappa shape index (κ1) is 13.1. The predicted molar refractivity (Wildman–Crippen MR) is 66.0 cm³/mol. The number of ether oxygens (including phenoxy) is 3. The second kappa shape index (κ2) is 6.52. The fraction of sp³-hybridized carbons (Fsp3) is 0.500. The Morgan fingerprint density at radius 3 is 2.89 bits per heavy atom. The van der Waals surface area contributed by atoms with Crippen molar-refractivity contribution in [2.24, 2.45) is 0 Å². The summed E-state index contributed by atoms with van der Waals surface area (Å²) in [5, 5.41) is 0. The third kappa shape index (κ3) is 4.13. The van der Waals surface area contributed by atoms with Gasteiger partial charge in [0.05, 0.1) is 6.61 Å². The van der Waals surface area contributed by atoms with Crippen LogP contribution >= 0.6 is 0 Å². The maximum atomic E-state index is 10.7. The summed E-state index contributed by atoms with van der Waals surface area (Å²) >= 11 is 0. The third-order valence-electron chi connectivity index (χ3n) is 2.80. The summed E-state index contributed by atoms with van der Waals surface area (Å²) < 4.78 is 16.0. The van der Waals surface area contributed by atoms with Crippen LogP contribution < -0.4 is 0 Å². The monoisotopic (exact) mass is 250 g/mol. The Balaban J connectivity index is 1.68. The van der Waals surface area contributed by atoms with Gasteiger partial charge in [0.1, 0.15) is 12.7 Å². The lowest BCUT2D eigenvalue weighted by molar-refractivity contribution is -0.145. The Kier molecular flexibility index (Phi) is 4.73. The predicted octanol–water partition coefficient (Wildman–Crippen LogP) is 1.92. The van der Waals surface area contributed by atoms with Gasteiger partial charge in [0.2, 0.25) is 0 Å². The molecule has 0 spiro atoms. The van der Waals surface area contributed by atoms with Gasteiger partial charge in [-0.25, -0.2) is 0 Å². The van der Waals surface area contributed by atoms with E-state index >= 15 is 0 Å². The molecule has 0 unspecified atom stereocenters. The largest absolute Gasteiger partial charge is 0.463 e. The number of benzene rings is 1. The zero-order valence-electron chi connectivity index (χ0n) is 10.5. The number of carbonyl (C=O) groups excluding carboxylic acids is 1. The molecule has 98 valence electrons. The van der Waals surface area contributed by atoms with Gasteiger partial charge in [0, 0.05) is 13.3 Å². The summed E-state index contributed by atoms with van der Waals surface area (Å²) in [6.07, 6.45) is 1.42. The van der Waals surface area contributed by atoms with Crippen LogP contribution in [-0.2, 0) is 25.4 Å². The van der Waals surface area contributed by atoms with E-state index in [4.69, 9.17) is 14.2 Å². The topological polar surface area (TPSA) is 44.8 Å². The van der Waals surface area contributed by atoms with Crippen LogP contribution in [0.15, 0.2) is 30.3 Å². The van der Waals surface area contributed by atoms with Crippen LogP contribution in [0.1, 0.15) is 18.9 Å². The second-order valence-electron chi connectivity index (χ2n) is 4.35. The Labute approximate surface area is 107 Å². The SMILES string of the molecule is CC(=O)OC[C@H]1CO[C@H](CCc2ccccc2)O1. The van der Waals surface area contributed by atoms with Gasteiger partial charge in [-0.3, -0.25) is 4.79 Å². The van der Waals surface area contributed by atoms with Gasteiger partial charge in [-0.15, -0.1) is 0 Å². The van der Waals surface area contributed by atoms with Crippen LogP contribution in [0, 0.1) is 0 Å². The first-order valence-corrected chi connectivity index (χ1v) is 6.18. The van der Waals surface area contributed by atoms with E-state index in [1.807, 2.05) is 18.2 Å². The molecule has 1 aromatic carbocycles. The number of esters is 1. The van der Waals surface area contributed by atoms with Gasteiger partial charge in [-0.2, -0.15) is 0 Å². The van der Waals surface area contributed by atoms with Crippen molar-refractivity contribution in [1.82, 2.24) is 0 Å². The Morgan fingerprint density at radius 2 is 2.17 bits per heavy atom. The smallest absolute Gasteiger partial charge is 0.302 e. The Morgan fingerprint density at radius 1 is 1.39 bits per heavy atom. The van der Waals surface area contributed by atoms with Gasteiger partial charge < -0.3 is 14.2 Å². The molecular weight excluding hydrogens is 232 g/mol. The van der Waals surface area contributed by atoms with E-state index in [0.29, 0.717) is 6.61 Å². The van der Waals surface area contributed by atoms with Crippen LogP contribution in [0.3, 0.4) is 0 Å². The maximum Gasteiger partial charge on any atom is 0.302 e. The average Bonchev–Trinajstić information content (AvgIpc) is 2.83. The lowest BCUT2D eigenvalue weighted by Gasteiger charge is -2.11. The van der Waals surface area contributed by atoms with E-state index in [-0.39, 0.29) is 25.0 Å². The van der Waals surface area contributed by atoms with Crippen LogP contribution in [0.25, 0.3) is 0 Å². The molecule has 4 heteroatoms. The van der Waals surface area contributed by atoms with Gasteiger partial charge in [-0.1, -0.05) is 30.3 Å². The van der Waals surface area contributed by atoms with Crippen LogP contribution in [0.4, 0.5) is 0 Å². The van der Waals surface area contributed by atoms with E-state index in [1.165, 1.54) is 12.5 Å². The summed E-state index contributed by atoms with van der Waals surface area (Å²) in [4.78, 5) is 10.7. The van der Waals surface area contributed by atoms with Gasteiger partial charge >= 0.3 is 5.97 Å². The lowest BCUT2D eigenvalue weighted by atomic mass is 10.1. The third-order valence-corrected chi connectivity index (χ3v) is 2.80. The summed E-state index contributed by atoms with van der Waals surface area (Å²) in [7, 11) is 0. The maximum absolute atomic E-state index is 10.7. The van der Waals surface area contributed by atoms with E-state index in [2.05, 4.69) is 12.1 Å². The minimum atomic E-state index is -0.286. The quantitative estimate of drug-likeness (QED) is 0.749. The molecule has 1 fully saturated rings. The van der Waals surface area contributed by atoms with Crippen molar-refractivity contribution in [2.45, 2.75) is 32.2 Å². The summed E-state index contributed by atoms with van der Waals surface area (Å²) in [5.74, 6) is -0.286. The molecule has 0 N–H and O–H groups in total. The molecule has 1 aromatic rings. The molecule has 0 amide bonds. The van der Waals surface area contributed by atoms with Crippen molar-refractivity contribution in [3.63, 3.8) is 0 Å². The molecule has 2 atom stereocenters. The standard InChI is InChI=1S/C14H18O4/c1-11(15)16-9-13-10-17-14(18-13)8-7-12-5-3-2-4-6-12/h2-6,13-14H,7-10H2,1H3/t13-,14-/m0/s1. The molecule has 1 heterocycles. The molecule has 1 aliphatic heterocycles. The molecule has 1 aliphatic rings. The molecular formula is C14H18O4. The summed E-state index contributed by atoms with van der Waals surface area (Å²) in [6.45, 7) is 2.16. The number of carbonyl (C=O) groups is 1. The molecule has 18 heavy (non-hydrogen) atoms. The highest BCUT2D eigenvalue weighted by Gasteiger charge is 2.26. The van der Waals surface area contributed by atoms with Crippen molar-refractivity contribution in [3.8, 4) is 0 Å². The average molecular weight is 250 g/mol. The molecule has 2 rings (SSSR count). The van der Waals surface area contributed by atoms with E-state index in [1.54, 1.807) is 0 Å². The lowest BCUT2D eigenvalue weighted by Crippen LogP contribution is -2.20. The van der Waals surface area contributed by atoms with Crippen molar-refractivity contribution in [1.29, 1.82) is 0 Å². The van der Waals surface area contributed by atoms with Crippen LogP contribution in [0.2, 0.25) is 0 Å². The number of rotatable bonds is 5. The van der Waals surface area contributed by atoms with Crippen LogP contribution in [-0.4, -0.2) is 31.6 Å². The minimum Gasteiger partial charge on any atom is -0.463 e. The highest BCUT2D eigenvalue weighted by Crippen LogP contribution is 2.17. The van der Waals surface area contributed by atoms with Crippen molar-refractivity contribution in [3.05, 3.63) is 35.9 Å². The summed E-state index contributed by atoms with van der Waals surface area (Å²) in [5.41, 5.74) is 1.27. The normalized spacial score (nSPS) is 22.9. The van der Waals surface area contributed by atoms with Gasteiger partial charge in [-0.05, 0) is 12.0 Å². The zero-order valence-corrected chi connectivity index (χ0v) is 10.5. The van der Waals surface area contributed by atoms with Gasteiger partial charge in [0.15, 0.2) is 6.29 Å². The first-order valence-electron chi connectivity index (χ1n) is 6.18. The molecule has 0 radical (unpaired) electrons. The second-order valence-corrected chi connectivity index (χ2v) is 4.35. The van der Waals surface area contributed by atoms with E-state index in [0.717, 1.165) is 12.8 Å². The molecule has 0 aliphatic carbocycles. The van der Waals surface area contributed by atoms with E-state index in [9.17, 15) is 4.79 Å². The minimum absolute atomic E-state index is 0.130. The molecule has 0 aromatic heterocycles. The fourth-order valence-electron chi connectivity index (χ4n) is 1.89. The Hall–Kier alpha value is -1.39. The van der Waals surface area contributed by atoms with Crippen molar-refractivity contribution in [2.75, 3.05) is 13.2 Å². The molecule has 1 saturated heterocycles. The number of aryl methyl sites for hydroxylation is 1. The molecule has 0 bridgehead atoms. The van der Waals surface area contributed by atoms with Crippen molar-refractivity contribution < 1.29 is 19.0 Å². The molecule has 4 nitrogen and oxygen atoms in total. The number of hydrogen-bond donors (Lipinski definition) is 0.